The molecule has 0 saturated carbocycles. The second kappa shape index (κ2) is 5.91. The zero-order valence-electron chi connectivity index (χ0n) is 10.6. The molecule has 1 amide bonds. The van der Waals surface area contributed by atoms with Gasteiger partial charge in [0.05, 0.1) is 17.7 Å². The van der Waals surface area contributed by atoms with Gasteiger partial charge in [-0.3, -0.25) is 14.9 Å². The molecular formula is C12H12N2O6. The molecule has 2 rings (SSSR count). The van der Waals surface area contributed by atoms with Crippen LogP contribution in [0.15, 0.2) is 30.2 Å². The minimum absolute atomic E-state index is 0.00445. The monoisotopic (exact) mass is 280 g/mol. The fraction of sp³-hybridized carbons (Fsp3) is 0.250. The molecule has 1 heterocycles. The molecule has 20 heavy (non-hydrogen) atoms. The molecule has 1 aliphatic heterocycles. The van der Waals surface area contributed by atoms with Crippen LogP contribution >= 0.6 is 0 Å². The Bertz CT molecular complexity index is 569. The highest BCUT2D eigenvalue weighted by molar-refractivity contribution is 6.03. The van der Waals surface area contributed by atoms with Gasteiger partial charge in [-0.2, -0.15) is 0 Å². The van der Waals surface area contributed by atoms with Crippen LogP contribution in [0, 0.1) is 10.1 Å². The van der Waals surface area contributed by atoms with E-state index in [0.29, 0.717) is 12.4 Å². The topological polar surface area (TPSA) is 99.9 Å². The molecule has 0 atom stereocenters. The van der Waals surface area contributed by atoms with Crippen molar-refractivity contribution < 1.29 is 23.9 Å². The number of carbonyl (C=O) groups is 1. The summed E-state index contributed by atoms with van der Waals surface area (Å²) in [7, 11) is 1.40. The lowest BCUT2D eigenvalue weighted by Crippen LogP contribution is -2.21. The average molecular weight is 280 g/mol. The van der Waals surface area contributed by atoms with Crippen molar-refractivity contribution in [1.82, 2.24) is 0 Å². The summed E-state index contributed by atoms with van der Waals surface area (Å²) in [5.41, 5.74) is 0.0256. The molecule has 0 radical (unpaired) electrons. The van der Waals surface area contributed by atoms with Crippen molar-refractivity contribution in [3.63, 3.8) is 0 Å². The molecule has 8 nitrogen and oxygen atoms in total. The second-order valence-electron chi connectivity index (χ2n) is 3.80. The normalized spacial score (nSPS) is 13.6. The fourth-order valence-corrected chi connectivity index (χ4v) is 1.58. The maximum absolute atomic E-state index is 11.9. The van der Waals surface area contributed by atoms with Gasteiger partial charge in [0.15, 0.2) is 0 Å². The van der Waals surface area contributed by atoms with Crippen molar-refractivity contribution >= 4 is 17.3 Å². The van der Waals surface area contributed by atoms with Gasteiger partial charge in [0.2, 0.25) is 5.76 Å². The quantitative estimate of drug-likeness (QED) is 0.661. The first-order valence-corrected chi connectivity index (χ1v) is 5.70. The Hall–Kier alpha value is -2.77. The SMILES string of the molecule is COc1ccc([N+](=O)[O-])cc1NC(=O)C1=COCCO1. The molecule has 0 unspecified atom stereocenters. The van der Waals surface area contributed by atoms with Gasteiger partial charge in [-0.1, -0.05) is 0 Å². The maximum atomic E-state index is 11.9. The van der Waals surface area contributed by atoms with Gasteiger partial charge in [0, 0.05) is 12.1 Å². The van der Waals surface area contributed by atoms with Crippen molar-refractivity contribution in [3.05, 3.63) is 40.3 Å². The number of anilines is 1. The largest absolute Gasteiger partial charge is 0.495 e. The van der Waals surface area contributed by atoms with E-state index in [1.807, 2.05) is 0 Å². The molecule has 1 aliphatic rings. The van der Waals surface area contributed by atoms with Crippen LogP contribution in [0.3, 0.4) is 0 Å². The van der Waals surface area contributed by atoms with Crippen LogP contribution < -0.4 is 10.1 Å². The number of nitrogens with zero attached hydrogens (tertiary/aromatic N) is 1. The van der Waals surface area contributed by atoms with Gasteiger partial charge in [-0.25, -0.2) is 0 Å². The van der Waals surface area contributed by atoms with E-state index in [4.69, 9.17) is 14.2 Å². The summed E-state index contributed by atoms with van der Waals surface area (Å²) in [6.45, 7) is 0.641. The van der Waals surface area contributed by atoms with E-state index >= 15 is 0 Å². The van der Waals surface area contributed by atoms with Crippen molar-refractivity contribution in [1.29, 1.82) is 0 Å². The van der Waals surface area contributed by atoms with Crippen molar-refractivity contribution in [2.24, 2.45) is 0 Å². The number of nitro benzene ring substituents is 1. The van der Waals surface area contributed by atoms with Gasteiger partial charge >= 0.3 is 0 Å². The number of amides is 1. The summed E-state index contributed by atoms with van der Waals surface area (Å²) in [4.78, 5) is 22.1. The predicted molar refractivity (Wildman–Crippen MR) is 68.3 cm³/mol. The molecule has 0 aromatic heterocycles. The number of methoxy groups -OCH3 is 1. The lowest BCUT2D eigenvalue weighted by molar-refractivity contribution is -0.384. The van der Waals surface area contributed by atoms with Crippen LogP contribution in [0.5, 0.6) is 5.75 Å². The molecule has 106 valence electrons. The number of ether oxygens (including phenoxy) is 3. The molecule has 1 aromatic rings. The first-order chi connectivity index (χ1) is 9.61. The Morgan fingerprint density at radius 3 is 2.85 bits per heavy atom. The average Bonchev–Trinajstić information content (AvgIpc) is 2.48. The smallest absolute Gasteiger partial charge is 0.294 e. The van der Waals surface area contributed by atoms with Crippen LogP contribution in [0.25, 0.3) is 0 Å². The third kappa shape index (κ3) is 2.97. The fourth-order valence-electron chi connectivity index (χ4n) is 1.58. The molecule has 1 aromatic carbocycles. The van der Waals surface area contributed by atoms with E-state index < -0.39 is 10.8 Å². The second-order valence-corrected chi connectivity index (χ2v) is 3.80. The number of rotatable bonds is 4. The minimum Gasteiger partial charge on any atom is -0.495 e. The highest BCUT2D eigenvalue weighted by Crippen LogP contribution is 2.29. The number of carbonyl (C=O) groups excluding carboxylic acids is 1. The standard InChI is InChI=1S/C12H12N2O6/c1-18-10-3-2-8(14(16)17)6-9(10)13-12(15)11-7-19-4-5-20-11/h2-3,6-7H,4-5H2,1H3,(H,13,15). The Labute approximate surface area is 114 Å². The van der Waals surface area contributed by atoms with Crippen molar-refractivity contribution in [2.45, 2.75) is 0 Å². The Kier molecular flexibility index (Phi) is 4.04. The molecule has 0 bridgehead atoms. The van der Waals surface area contributed by atoms with Crippen molar-refractivity contribution in [3.8, 4) is 5.75 Å². The van der Waals surface area contributed by atoms with E-state index in [9.17, 15) is 14.9 Å². The lowest BCUT2D eigenvalue weighted by Gasteiger charge is -2.16. The zero-order chi connectivity index (χ0) is 14.5. The minimum atomic E-state index is -0.566. The molecule has 0 spiro atoms. The number of hydrogen-bond acceptors (Lipinski definition) is 6. The predicted octanol–water partition coefficient (Wildman–Crippen LogP) is 1.43. The highest BCUT2D eigenvalue weighted by atomic mass is 16.6. The number of nitro groups is 1. The van der Waals surface area contributed by atoms with Crippen molar-refractivity contribution in [2.75, 3.05) is 25.6 Å². The van der Waals surface area contributed by atoms with Gasteiger partial charge in [-0.05, 0) is 6.07 Å². The number of hydrogen-bond donors (Lipinski definition) is 1. The van der Waals surface area contributed by atoms with E-state index in [1.165, 1.54) is 31.6 Å². The molecular weight excluding hydrogens is 268 g/mol. The zero-order valence-corrected chi connectivity index (χ0v) is 10.6. The number of benzene rings is 1. The Morgan fingerprint density at radius 2 is 2.25 bits per heavy atom. The molecule has 0 fully saturated rings. The first-order valence-electron chi connectivity index (χ1n) is 5.70. The highest BCUT2D eigenvalue weighted by Gasteiger charge is 2.18. The molecule has 1 N–H and O–H groups in total. The van der Waals surface area contributed by atoms with E-state index in [2.05, 4.69) is 5.32 Å². The van der Waals surface area contributed by atoms with Gasteiger partial charge in [0.25, 0.3) is 11.6 Å². The summed E-state index contributed by atoms with van der Waals surface area (Å²) < 4.78 is 15.1. The number of non-ortho nitro benzene ring substituents is 1. The van der Waals surface area contributed by atoms with Gasteiger partial charge in [0.1, 0.15) is 25.2 Å². The van der Waals surface area contributed by atoms with Crippen LogP contribution in [0.4, 0.5) is 11.4 Å². The number of nitrogens with one attached hydrogen (secondary N) is 1. The van der Waals surface area contributed by atoms with E-state index in [1.54, 1.807) is 0 Å². The first kappa shape index (κ1) is 13.7. The third-order valence-corrected chi connectivity index (χ3v) is 2.51. The summed E-state index contributed by atoms with van der Waals surface area (Å²) in [5.74, 6) is -0.255. The summed E-state index contributed by atoms with van der Waals surface area (Å²) >= 11 is 0. The van der Waals surface area contributed by atoms with Crippen LogP contribution in [0.2, 0.25) is 0 Å². The van der Waals surface area contributed by atoms with E-state index in [-0.39, 0.29) is 23.7 Å². The third-order valence-electron chi connectivity index (χ3n) is 2.51. The van der Waals surface area contributed by atoms with Gasteiger partial charge in [-0.15, -0.1) is 0 Å². The lowest BCUT2D eigenvalue weighted by atomic mass is 10.2. The molecule has 8 heteroatoms. The summed E-state index contributed by atoms with van der Waals surface area (Å²) in [5, 5.41) is 13.2. The molecule has 0 aliphatic carbocycles. The van der Waals surface area contributed by atoms with Gasteiger partial charge < -0.3 is 19.5 Å². The van der Waals surface area contributed by atoms with Crippen LogP contribution in [-0.2, 0) is 14.3 Å². The van der Waals surface area contributed by atoms with Crippen LogP contribution in [0.1, 0.15) is 0 Å². The maximum Gasteiger partial charge on any atom is 0.294 e. The molecule has 0 saturated heterocycles. The summed E-state index contributed by atoms with van der Waals surface area (Å²) in [6, 6.07) is 3.90. The Morgan fingerprint density at radius 1 is 1.45 bits per heavy atom. The Balaban J connectivity index is 2.22. The van der Waals surface area contributed by atoms with E-state index in [0.717, 1.165) is 0 Å². The van der Waals surface area contributed by atoms with Crippen LogP contribution in [-0.4, -0.2) is 31.2 Å². The summed E-state index contributed by atoms with van der Waals surface area (Å²) in [6.07, 6.45) is 1.20.